The van der Waals surface area contributed by atoms with E-state index in [0.29, 0.717) is 11.6 Å². The molecular weight excluding hydrogens is 284 g/mol. The fourth-order valence-corrected chi connectivity index (χ4v) is 2.40. The molecule has 0 aliphatic rings. The van der Waals surface area contributed by atoms with E-state index in [9.17, 15) is 4.79 Å². The van der Waals surface area contributed by atoms with Gasteiger partial charge in [-0.2, -0.15) is 5.10 Å². The summed E-state index contributed by atoms with van der Waals surface area (Å²) in [6.07, 6.45) is 1.46. The van der Waals surface area contributed by atoms with Crippen molar-refractivity contribution in [2.75, 3.05) is 11.1 Å². The largest absolute Gasteiger partial charge is 0.325 e. The molecule has 0 bridgehead atoms. The standard InChI is InChI=1S/C15H20N4OS/c1-10-5-6-12(11(7-10)14-16-9-17-19-14)18-13(20)8-21-15(2,3)4/h5-7,9H,8H2,1-4H3,(H,18,20)(H,16,17,19). The number of rotatable bonds is 4. The van der Waals surface area contributed by atoms with Gasteiger partial charge in [0.25, 0.3) is 0 Å². The number of nitrogens with zero attached hydrogens (tertiary/aromatic N) is 2. The number of thioether (sulfide) groups is 1. The van der Waals surface area contributed by atoms with E-state index < -0.39 is 0 Å². The molecule has 21 heavy (non-hydrogen) atoms. The number of amides is 1. The number of H-pyrrole nitrogens is 1. The number of hydrogen-bond acceptors (Lipinski definition) is 4. The Balaban J connectivity index is 2.15. The molecule has 1 amide bonds. The predicted molar refractivity (Wildman–Crippen MR) is 87.4 cm³/mol. The van der Waals surface area contributed by atoms with Crippen LogP contribution in [0, 0.1) is 6.92 Å². The Kier molecular flexibility index (Phi) is 4.67. The summed E-state index contributed by atoms with van der Waals surface area (Å²) in [6, 6.07) is 5.84. The molecule has 0 atom stereocenters. The summed E-state index contributed by atoms with van der Waals surface area (Å²) < 4.78 is 0.0678. The summed E-state index contributed by atoms with van der Waals surface area (Å²) in [5, 5.41) is 9.65. The van der Waals surface area contributed by atoms with Crippen LogP contribution < -0.4 is 5.32 Å². The lowest BCUT2D eigenvalue weighted by atomic mass is 10.1. The van der Waals surface area contributed by atoms with Crippen molar-refractivity contribution in [3.05, 3.63) is 30.1 Å². The van der Waals surface area contributed by atoms with Crippen LogP contribution in [0.3, 0.4) is 0 Å². The third kappa shape index (κ3) is 4.60. The molecule has 0 unspecified atom stereocenters. The first-order valence-electron chi connectivity index (χ1n) is 6.75. The van der Waals surface area contributed by atoms with Crippen molar-refractivity contribution in [3.8, 4) is 11.4 Å². The Morgan fingerprint density at radius 1 is 1.38 bits per heavy atom. The highest BCUT2D eigenvalue weighted by molar-refractivity contribution is 8.01. The van der Waals surface area contributed by atoms with Crippen molar-refractivity contribution in [3.63, 3.8) is 0 Å². The van der Waals surface area contributed by atoms with E-state index in [1.54, 1.807) is 11.8 Å². The Morgan fingerprint density at radius 3 is 2.76 bits per heavy atom. The first-order chi connectivity index (χ1) is 9.85. The number of nitrogens with one attached hydrogen (secondary N) is 2. The minimum Gasteiger partial charge on any atom is -0.325 e. The smallest absolute Gasteiger partial charge is 0.234 e. The van der Waals surface area contributed by atoms with Crippen LogP contribution in [-0.4, -0.2) is 31.6 Å². The molecule has 1 aromatic carbocycles. The van der Waals surface area contributed by atoms with Gasteiger partial charge in [0.1, 0.15) is 6.33 Å². The van der Waals surface area contributed by atoms with E-state index in [0.717, 1.165) is 16.8 Å². The van der Waals surface area contributed by atoms with Gasteiger partial charge in [0, 0.05) is 10.3 Å². The SMILES string of the molecule is Cc1ccc(NC(=O)CSC(C)(C)C)c(-c2ncn[nH]2)c1. The average molecular weight is 304 g/mol. The van der Waals surface area contributed by atoms with Crippen LogP contribution in [0.25, 0.3) is 11.4 Å². The van der Waals surface area contributed by atoms with Gasteiger partial charge in [0.05, 0.1) is 11.4 Å². The van der Waals surface area contributed by atoms with Gasteiger partial charge in [-0.25, -0.2) is 4.98 Å². The highest BCUT2D eigenvalue weighted by atomic mass is 32.2. The van der Waals surface area contributed by atoms with Crippen LogP contribution in [0.4, 0.5) is 5.69 Å². The van der Waals surface area contributed by atoms with Crippen LogP contribution in [0.1, 0.15) is 26.3 Å². The summed E-state index contributed by atoms with van der Waals surface area (Å²) in [4.78, 5) is 16.2. The first-order valence-corrected chi connectivity index (χ1v) is 7.74. The zero-order valence-corrected chi connectivity index (χ0v) is 13.5. The molecule has 2 aromatic rings. The molecule has 0 aliphatic carbocycles. The molecule has 1 heterocycles. The second kappa shape index (κ2) is 6.30. The third-order valence-corrected chi connectivity index (χ3v) is 4.03. The van der Waals surface area contributed by atoms with E-state index in [1.165, 1.54) is 6.33 Å². The van der Waals surface area contributed by atoms with E-state index >= 15 is 0 Å². The average Bonchev–Trinajstić information content (AvgIpc) is 2.91. The lowest BCUT2D eigenvalue weighted by molar-refractivity contribution is -0.113. The number of carbonyl (C=O) groups is 1. The second-order valence-electron chi connectivity index (χ2n) is 5.83. The monoisotopic (exact) mass is 304 g/mol. The lowest BCUT2D eigenvalue weighted by Crippen LogP contribution is -2.19. The van der Waals surface area contributed by atoms with Crippen molar-refractivity contribution >= 4 is 23.4 Å². The maximum atomic E-state index is 12.1. The van der Waals surface area contributed by atoms with Crippen molar-refractivity contribution < 1.29 is 4.79 Å². The topological polar surface area (TPSA) is 70.7 Å². The number of benzene rings is 1. The highest BCUT2D eigenvalue weighted by Gasteiger charge is 2.15. The molecule has 0 radical (unpaired) electrons. The predicted octanol–water partition coefficient (Wildman–Crippen LogP) is 3.25. The molecule has 2 rings (SSSR count). The summed E-state index contributed by atoms with van der Waals surface area (Å²) in [5.41, 5.74) is 2.70. The Bertz CT molecular complexity index is 617. The number of anilines is 1. The van der Waals surface area contributed by atoms with E-state index in [-0.39, 0.29) is 10.7 Å². The van der Waals surface area contributed by atoms with Gasteiger partial charge in [-0.15, -0.1) is 11.8 Å². The number of carbonyl (C=O) groups excluding carboxylic acids is 1. The Hall–Kier alpha value is -1.82. The molecule has 6 heteroatoms. The fourth-order valence-electron chi connectivity index (χ4n) is 1.77. The van der Waals surface area contributed by atoms with Gasteiger partial charge >= 0.3 is 0 Å². The number of aromatic nitrogens is 3. The van der Waals surface area contributed by atoms with Crippen LogP contribution in [-0.2, 0) is 4.79 Å². The zero-order chi connectivity index (χ0) is 15.5. The Labute approximate surface area is 128 Å². The van der Waals surface area contributed by atoms with Gasteiger partial charge in [-0.3, -0.25) is 9.89 Å². The number of aryl methyl sites for hydroxylation is 1. The molecule has 1 aromatic heterocycles. The quantitative estimate of drug-likeness (QED) is 0.909. The zero-order valence-electron chi connectivity index (χ0n) is 12.7. The summed E-state index contributed by atoms with van der Waals surface area (Å²) >= 11 is 1.62. The summed E-state index contributed by atoms with van der Waals surface area (Å²) in [6.45, 7) is 8.28. The number of aromatic amines is 1. The minimum absolute atomic E-state index is 0.0143. The fraction of sp³-hybridized carbons (Fsp3) is 0.400. The summed E-state index contributed by atoms with van der Waals surface area (Å²) in [7, 11) is 0. The molecule has 0 aliphatic heterocycles. The van der Waals surface area contributed by atoms with Gasteiger partial charge < -0.3 is 5.32 Å². The van der Waals surface area contributed by atoms with Gasteiger partial charge in [0.15, 0.2) is 5.82 Å². The maximum Gasteiger partial charge on any atom is 0.234 e. The van der Waals surface area contributed by atoms with E-state index in [1.807, 2.05) is 25.1 Å². The summed E-state index contributed by atoms with van der Waals surface area (Å²) in [5.74, 6) is 1.06. The van der Waals surface area contributed by atoms with Crippen molar-refractivity contribution in [2.24, 2.45) is 0 Å². The normalized spacial score (nSPS) is 11.4. The minimum atomic E-state index is -0.0143. The maximum absolute atomic E-state index is 12.1. The number of hydrogen-bond donors (Lipinski definition) is 2. The molecule has 112 valence electrons. The van der Waals surface area contributed by atoms with Gasteiger partial charge in [-0.05, 0) is 19.1 Å². The van der Waals surface area contributed by atoms with E-state index in [2.05, 4.69) is 41.3 Å². The van der Waals surface area contributed by atoms with E-state index in [4.69, 9.17) is 0 Å². The van der Waals surface area contributed by atoms with Crippen LogP contribution >= 0.6 is 11.8 Å². The van der Waals surface area contributed by atoms with Crippen LogP contribution in [0.2, 0.25) is 0 Å². The Morgan fingerprint density at radius 2 is 2.14 bits per heavy atom. The molecule has 0 spiro atoms. The van der Waals surface area contributed by atoms with Gasteiger partial charge in [0.2, 0.25) is 5.91 Å². The molecule has 0 fully saturated rings. The van der Waals surface area contributed by atoms with Crippen LogP contribution in [0.5, 0.6) is 0 Å². The molecular formula is C15H20N4OS. The van der Waals surface area contributed by atoms with Crippen molar-refractivity contribution in [1.82, 2.24) is 15.2 Å². The first kappa shape index (κ1) is 15.6. The molecule has 5 nitrogen and oxygen atoms in total. The van der Waals surface area contributed by atoms with Gasteiger partial charge in [-0.1, -0.05) is 32.4 Å². The molecule has 0 saturated heterocycles. The molecule has 0 saturated carbocycles. The van der Waals surface area contributed by atoms with Crippen LogP contribution in [0.15, 0.2) is 24.5 Å². The molecule has 2 N–H and O–H groups in total. The third-order valence-electron chi connectivity index (χ3n) is 2.76. The highest BCUT2D eigenvalue weighted by Crippen LogP contribution is 2.27. The lowest BCUT2D eigenvalue weighted by Gasteiger charge is -2.17. The van der Waals surface area contributed by atoms with Crippen molar-refractivity contribution in [2.45, 2.75) is 32.4 Å². The second-order valence-corrected chi connectivity index (χ2v) is 7.63. The van der Waals surface area contributed by atoms with Crippen molar-refractivity contribution in [1.29, 1.82) is 0 Å².